The first kappa shape index (κ1) is 21.3. The van der Waals surface area contributed by atoms with Gasteiger partial charge in [-0.15, -0.1) is 0 Å². The summed E-state index contributed by atoms with van der Waals surface area (Å²) in [4.78, 5) is 40.6. The molecule has 2 aliphatic heterocycles. The van der Waals surface area contributed by atoms with Crippen molar-refractivity contribution in [2.75, 3.05) is 13.7 Å². The fraction of sp³-hybridized carbons (Fsp3) is 0.400. The maximum atomic E-state index is 13.0. The van der Waals surface area contributed by atoms with Gasteiger partial charge in [-0.2, -0.15) is 0 Å². The Morgan fingerprint density at radius 1 is 1.34 bits per heavy atom. The number of benzene rings is 1. The third-order valence-corrected chi connectivity index (χ3v) is 6.40. The Balaban J connectivity index is 1.82. The Kier molecular flexibility index (Phi) is 6.59. The molecule has 3 rings (SSSR count). The molecule has 0 aliphatic carbocycles. The molecule has 0 radical (unpaired) electrons. The quantitative estimate of drug-likeness (QED) is 0.563. The summed E-state index contributed by atoms with van der Waals surface area (Å²) in [6.45, 7) is 1.96. The minimum absolute atomic E-state index is 0.279. The van der Waals surface area contributed by atoms with E-state index in [2.05, 4.69) is 0 Å². The number of nitrogens with zero attached hydrogens (tertiary/aromatic N) is 2. The van der Waals surface area contributed by atoms with Crippen molar-refractivity contribution < 1.29 is 24.2 Å². The van der Waals surface area contributed by atoms with Crippen LogP contribution in [-0.2, 0) is 14.4 Å². The zero-order valence-electron chi connectivity index (χ0n) is 16.2. The van der Waals surface area contributed by atoms with Gasteiger partial charge in [-0.3, -0.25) is 14.5 Å². The van der Waals surface area contributed by atoms with Crippen LogP contribution in [0.5, 0.6) is 5.75 Å². The molecule has 0 aromatic heterocycles. The number of amides is 2. The lowest BCUT2D eigenvalue weighted by Gasteiger charge is -2.36. The van der Waals surface area contributed by atoms with E-state index in [4.69, 9.17) is 17.0 Å². The summed E-state index contributed by atoms with van der Waals surface area (Å²) in [5.74, 6) is -1.16. The number of hydrogen-bond donors (Lipinski definition) is 1. The van der Waals surface area contributed by atoms with Crippen LogP contribution in [0.3, 0.4) is 0 Å². The summed E-state index contributed by atoms with van der Waals surface area (Å²) >= 11 is 6.48. The van der Waals surface area contributed by atoms with E-state index in [1.807, 2.05) is 18.2 Å². The van der Waals surface area contributed by atoms with E-state index in [0.717, 1.165) is 30.2 Å². The summed E-state index contributed by atoms with van der Waals surface area (Å²) in [6, 6.07) is 5.56. The lowest BCUT2D eigenvalue weighted by molar-refractivity contribution is -0.154. The number of carbonyl (C=O) groups excluding carboxylic acids is 2. The molecule has 154 valence electrons. The van der Waals surface area contributed by atoms with E-state index in [1.165, 1.54) is 9.80 Å². The Bertz CT molecular complexity index is 885. The maximum Gasteiger partial charge on any atom is 0.326 e. The second-order valence-corrected chi connectivity index (χ2v) is 8.53. The first-order valence-electron chi connectivity index (χ1n) is 9.28. The summed E-state index contributed by atoms with van der Waals surface area (Å²) < 4.78 is 5.59. The summed E-state index contributed by atoms with van der Waals surface area (Å²) in [6.07, 6.45) is 3.61. The number of carboxylic acids is 1. The van der Waals surface area contributed by atoms with Crippen LogP contribution in [0.4, 0.5) is 0 Å². The van der Waals surface area contributed by atoms with Crippen molar-refractivity contribution in [2.45, 2.75) is 38.3 Å². The molecule has 7 nitrogen and oxygen atoms in total. The molecule has 2 heterocycles. The van der Waals surface area contributed by atoms with Gasteiger partial charge < -0.3 is 14.7 Å². The van der Waals surface area contributed by atoms with Crippen molar-refractivity contribution >= 4 is 52.2 Å². The average Bonchev–Trinajstić information content (AvgIpc) is 3.00. The standard InChI is InChI=1S/C20H22N2O5S2/c1-12(17(23)21-10-6-5-8-14(21)19(25)26)22-18(24)16(29-20(22)28)11-13-7-3-4-9-15(13)27-2/h3-4,7,9,11-12,14H,5-6,8,10H2,1-2H3,(H,25,26). The fourth-order valence-corrected chi connectivity index (χ4v) is 4.95. The monoisotopic (exact) mass is 434 g/mol. The molecule has 2 saturated heterocycles. The highest BCUT2D eigenvalue weighted by molar-refractivity contribution is 8.26. The van der Waals surface area contributed by atoms with Gasteiger partial charge in [0, 0.05) is 12.1 Å². The molecule has 2 atom stereocenters. The number of hydrogen-bond acceptors (Lipinski definition) is 6. The van der Waals surface area contributed by atoms with E-state index in [0.29, 0.717) is 23.6 Å². The molecule has 2 aliphatic rings. The summed E-state index contributed by atoms with van der Waals surface area (Å²) in [7, 11) is 1.55. The molecule has 1 aromatic carbocycles. The minimum Gasteiger partial charge on any atom is -0.496 e. The number of carbonyl (C=O) groups is 3. The van der Waals surface area contributed by atoms with E-state index in [1.54, 1.807) is 26.2 Å². The first-order valence-corrected chi connectivity index (χ1v) is 10.5. The van der Waals surface area contributed by atoms with Gasteiger partial charge in [0.25, 0.3) is 5.91 Å². The van der Waals surface area contributed by atoms with Crippen molar-refractivity contribution in [1.82, 2.24) is 9.80 Å². The van der Waals surface area contributed by atoms with Crippen molar-refractivity contribution in [3.05, 3.63) is 34.7 Å². The van der Waals surface area contributed by atoms with Crippen molar-refractivity contribution in [3.8, 4) is 5.75 Å². The normalized spacial score (nSPS) is 22.1. The molecule has 1 aromatic rings. The molecular formula is C20H22N2O5S2. The lowest BCUT2D eigenvalue weighted by Crippen LogP contribution is -2.55. The zero-order chi connectivity index (χ0) is 21.1. The van der Waals surface area contributed by atoms with E-state index in [9.17, 15) is 19.5 Å². The summed E-state index contributed by atoms with van der Waals surface area (Å²) in [5.41, 5.74) is 0.733. The van der Waals surface area contributed by atoms with Gasteiger partial charge >= 0.3 is 5.97 Å². The molecule has 0 saturated carbocycles. The Hall–Kier alpha value is -2.39. The summed E-state index contributed by atoms with van der Waals surface area (Å²) in [5, 5.41) is 9.44. The van der Waals surface area contributed by atoms with Crippen LogP contribution in [0.25, 0.3) is 6.08 Å². The molecule has 2 fully saturated rings. The highest BCUT2D eigenvalue weighted by Crippen LogP contribution is 2.36. The van der Waals surface area contributed by atoms with Gasteiger partial charge in [0.05, 0.1) is 12.0 Å². The third kappa shape index (κ3) is 4.30. The highest BCUT2D eigenvalue weighted by Gasteiger charge is 2.42. The number of thioether (sulfide) groups is 1. The molecule has 29 heavy (non-hydrogen) atoms. The van der Waals surface area contributed by atoms with Crippen molar-refractivity contribution in [3.63, 3.8) is 0 Å². The number of ether oxygens (including phenoxy) is 1. The van der Waals surface area contributed by atoms with Gasteiger partial charge in [0.1, 0.15) is 22.2 Å². The van der Waals surface area contributed by atoms with Gasteiger partial charge in [-0.25, -0.2) is 4.79 Å². The third-order valence-electron chi connectivity index (χ3n) is 5.06. The molecule has 2 amide bonds. The SMILES string of the molecule is COc1ccccc1C=C1SC(=S)N(C(C)C(=O)N2CCCCC2C(=O)O)C1=O. The fourth-order valence-electron chi connectivity index (χ4n) is 3.54. The number of aliphatic carboxylic acids is 1. The molecular weight excluding hydrogens is 412 g/mol. The van der Waals surface area contributed by atoms with Crippen LogP contribution in [0.15, 0.2) is 29.2 Å². The zero-order valence-corrected chi connectivity index (χ0v) is 17.8. The Morgan fingerprint density at radius 3 is 2.76 bits per heavy atom. The predicted octanol–water partition coefficient (Wildman–Crippen LogP) is 2.75. The first-order chi connectivity index (χ1) is 13.8. The number of carboxylic acid groups (broad SMARTS) is 1. The number of methoxy groups -OCH3 is 1. The Morgan fingerprint density at radius 2 is 2.07 bits per heavy atom. The van der Waals surface area contributed by atoms with Crippen LogP contribution >= 0.6 is 24.0 Å². The molecule has 9 heteroatoms. The number of rotatable bonds is 5. The average molecular weight is 435 g/mol. The maximum absolute atomic E-state index is 13.0. The smallest absolute Gasteiger partial charge is 0.326 e. The van der Waals surface area contributed by atoms with Crippen molar-refractivity contribution in [1.29, 1.82) is 0 Å². The van der Waals surface area contributed by atoms with Crippen LogP contribution in [-0.4, -0.2) is 62.7 Å². The Labute approximate surface area is 178 Å². The van der Waals surface area contributed by atoms with E-state index >= 15 is 0 Å². The topological polar surface area (TPSA) is 87.2 Å². The number of piperidine rings is 1. The van der Waals surface area contributed by atoms with Crippen LogP contribution in [0.1, 0.15) is 31.7 Å². The van der Waals surface area contributed by atoms with Crippen LogP contribution < -0.4 is 4.74 Å². The second kappa shape index (κ2) is 8.96. The molecule has 0 bridgehead atoms. The van der Waals surface area contributed by atoms with Gasteiger partial charge in [0.15, 0.2) is 0 Å². The molecule has 0 spiro atoms. The lowest BCUT2D eigenvalue weighted by atomic mass is 10.0. The van der Waals surface area contributed by atoms with Crippen LogP contribution in [0.2, 0.25) is 0 Å². The van der Waals surface area contributed by atoms with Gasteiger partial charge in [-0.05, 0) is 38.3 Å². The van der Waals surface area contributed by atoms with Crippen LogP contribution in [0, 0.1) is 0 Å². The van der Waals surface area contributed by atoms with Gasteiger partial charge in [0.2, 0.25) is 5.91 Å². The van der Waals surface area contributed by atoms with E-state index < -0.39 is 24.0 Å². The minimum atomic E-state index is -1.02. The molecule has 1 N–H and O–H groups in total. The largest absolute Gasteiger partial charge is 0.496 e. The van der Waals surface area contributed by atoms with Gasteiger partial charge in [-0.1, -0.05) is 42.2 Å². The second-order valence-electron chi connectivity index (χ2n) is 6.85. The molecule has 2 unspecified atom stereocenters. The number of likely N-dealkylation sites (tertiary alicyclic amines) is 1. The van der Waals surface area contributed by atoms with E-state index in [-0.39, 0.29) is 10.2 Å². The number of thiocarbonyl (C=S) groups is 1. The number of para-hydroxylation sites is 1. The van der Waals surface area contributed by atoms with Crippen molar-refractivity contribution in [2.24, 2.45) is 0 Å². The predicted molar refractivity (Wildman–Crippen MR) is 114 cm³/mol. The highest BCUT2D eigenvalue weighted by atomic mass is 32.2.